The number of urea groups is 1. The molecular formula is C18H23N5O2. The molecule has 7 nitrogen and oxygen atoms in total. The number of aryl methyl sites for hydroxylation is 1. The second-order valence-corrected chi connectivity index (χ2v) is 6.84. The molecule has 132 valence electrons. The highest BCUT2D eigenvalue weighted by Crippen LogP contribution is 2.35. The third kappa shape index (κ3) is 2.74. The van der Waals surface area contributed by atoms with Crippen LogP contribution in [-0.4, -0.2) is 61.2 Å². The predicted molar refractivity (Wildman–Crippen MR) is 98.1 cm³/mol. The number of imide groups is 1. The maximum Gasteiger partial charge on any atom is 0.328 e. The largest absolute Gasteiger partial charge is 0.367 e. The van der Waals surface area contributed by atoms with E-state index < -0.39 is 0 Å². The van der Waals surface area contributed by atoms with Gasteiger partial charge in [0.25, 0.3) is 0 Å². The molecule has 0 spiro atoms. The van der Waals surface area contributed by atoms with Crippen LogP contribution in [0.4, 0.5) is 16.2 Å². The first kappa shape index (κ1) is 16.0. The van der Waals surface area contributed by atoms with Crippen LogP contribution in [0.2, 0.25) is 0 Å². The number of nitrogens with one attached hydrogen (secondary N) is 1. The molecule has 2 aromatic rings. The summed E-state index contributed by atoms with van der Waals surface area (Å²) in [6, 6.07) is 5.82. The molecule has 0 aliphatic carbocycles. The van der Waals surface area contributed by atoms with Crippen LogP contribution in [0.5, 0.6) is 0 Å². The molecule has 3 amide bonds. The van der Waals surface area contributed by atoms with Crippen molar-refractivity contribution in [3.05, 3.63) is 24.4 Å². The highest BCUT2D eigenvalue weighted by Gasteiger charge is 2.27. The number of hydrogen-bond acceptors (Lipinski definition) is 4. The average molecular weight is 341 g/mol. The number of likely N-dealkylation sites (N-methyl/N-ethyl adjacent to an activating group) is 1. The summed E-state index contributed by atoms with van der Waals surface area (Å²) in [7, 11) is 4.18. The standard InChI is InChI=1S/C18H23N5O2/c1-20-9-11-22(12-10-20)15-4-3-14(13-5-7-21(2)17(13)15)23-8-6-16(24)19-18(23)25/h3-5,7H,6,8-12H2,1-2H3,(H,19,24,25). The second kappa shape index (κ2) is 6.07. The van der Waals surface area contributed by atoms with Gasteiger partial charge >= 0.3 is 6.03 Å². The molecule has 2 aliphatic heterocycles. The Labute approximate surface area is 146 Å². The molecule has 2 aliphatic rings. The van der Waals surface area contributed by atoms with Gasteiger partial charge in [0.2, 0.25) is 5.91 Å². The molecule has 2 fully saturated rings. The molecular weight excluding hydrogens is 318 g/mol. The third-order valence-corrected chi connectivity index (χ3v) is 5.18. The summed E-state index contributed by atoms with van der Waals surface area (Å²) in [6.45, 7) is 4.50. The van der Waals surface area contributed by atoms with Crippen LogP contribution in [0.15, 0.2) is 24.4 Å². The maximum atomic E-state index is 12.2. The fraction of sp³-hybridized carbons (Fsp3) is 0.444. The number of hydrogen-bond donors (Lipinski definition) is 1. The lowest BCUT2D eigenvalue weighted by molar-refractivity contribution is -0.120. The molecule has 0 unspecified atom stereocenters. The minimum Gasteiger partial charge on any atom is -0.367 e. The van der Waals surface area contributed by atoms with Crippen molar-refractivity contribution in [3.8, 4) is 0 Å². The molecule has 1 aromatic carbocycles. The van der Waals surface area contributed by atoms with Gasteiger partial charge in [-0.05, 0) is 25.2 Å². The Bertz CT molecular complexity index is 835. The number of anilines is 2. The number of aromatic nitrogens is 1. The number of piperazine rings is 1. The zero-order chi connectivity index (χ0) is 17.6. The lowest BCUT2D eigenvalue weighted by Crippen LogP contribution is -2.49. The highest BCUT2D eigenvalue weighted by molar-refractivity contribution is 6.11. The van der Waals surface area contributed by atoms with Crippen molar-refractivity contribution in [2.75, 3.05) is 49.6 Å². The van der Waals surface area contributed by atoms with Gasteiger partial charge in [0, 0.05) is 57.8 Å². The summed E-state index contributed by atoms with van der Waals surface area (Å²) in [6.07, 6.45) is 2.36. The summed E-state index contributed by atoms with van der Waals surface area (Å²) >= 11 is 0. The number of rotatable bonds is 2. The smallest absolute Gasteiger partial charge is 0.328 e. The van der Waals surface area contributed by atoms with Crippen LogP contribution in [0.3, 0.4) is 0 Å². The van der Waals surface area contributed by atoms with Gasteiger partial charge in [0.05, 0.1) is 16.9 Å². The van der Waals surface area contributed by atoms with Gasteiger partial charge in [-0.3, -0.25) is 15.0 Å². The molecule has 0 saturated carbocycles. The van der Waals surface area contributed by atoms with Crippen molar-refractivity contribution in [3.63, 3.8) is 0 Å². The average Bonchev–Trinajstić information content (AvgIpc) is 2.98. The number of benzene rings is 1. The third-order valence-electron chi connectivity index (χ3n) is 5.18. The van der Waals surface area contributed by atoms with Crippen LogP contribution in [0, 0.1) is 0 Å². The molecule has 25 heavy (non-hydrogen) atoms. The van der Waals surface area contributed by atoms with E-state index in [0.717, 1.165) is 42.8 Å². The molecule has 3 heterocycles. The fourth-order valence-electron chi connectivity index (χ4n) is 3.71. The number of fused-ring (bicyclic) bond motifs is 1. The van der Waals surface area contributed by atoms with Crippen LogP contribution >= 0.6 is 0 Å². The topological polar surface area (TPSA) is 60.8 Å². The first-order valence-electron chi connectivity index (χ1n) is 8.67. The van der Waals surface area contributed by atoms with E-state index in [2.05, 4.69) is 32.8 Å². The molecule has 2 saturated heterocycles. The fourth-order valence-corrected chi connectivity index (χ4v) is 3.71. The van der Waals surface area contributed by atoms with Gasteiger partial charge in [0.1, 0.15) is 0 Å². The zero-order valence-corrected chi connectivity index (χ0v) is 14.7. The summed E-state index contributed by atoms with van der Waals surface area (Å²) in [5, 5.41) is 3.45. The Morgan fingerprint density at radius 3 is 2.36 bits per heavy atom. The van der Waals surface area contributed by atoms with Gasteiger partial charge in [0.15, 0.2) is 0 Å². The molecule has 1 N–H and O–H groups in total. The van der Waals surface area contributed by atoms with E-state index in [4.69, 9.17) is 0 Å². The van der Waals surface area contributed by atoms with Crippen molar-refractivity contribution in [1.29, 1.82) is 0 Å². The zero-order valence-electron chi connectivity index (χ0n) is 14.7. The van der Waals surface area contributed by atoms with Gasteiger partial charge < -0.3 is 14.4 Å². The minimum atomic E-state index is -0.339. The number of carbonyl (C=O) groups excluding carboxylic acids is 2. The lowest BCUT2D eigenvalue weighted by atomic mass is 10.1. The van der Waals surface area contributed by atoms with E-state index in [-0.39, 0.29) is 11.9 Å². The van der Waals surface area contributed by atoms with Gasteiger partial charge in [-0.2, -0.15) is 0 Å². The quantitative estimate of drug-likeness (QED) is 0.896. The monoisotopic (exact) mass is 341 g/mol. The summed E-state index contributed by atoms with van der Waals surface area (Å²) < 4.78 is 2.11. The van der Waals surface area contributed by atoms with Crippen LogP contribution < -0.4 is 15.1 Å². The first-order valence-corrected chi connectivity index (χ1v) is 8.67. The molecule has 1 aromatic heterocycles. The Balaban J connectivity index is 1.75. The Kier molecular flexibility index (Phi) is 3.88. The molecule has 0 atom stereocenters. The lowest BCUT2D eigenvalue weighted by Gasteiger charge is -2.35. The van der Waals surface area contributed by atoms with Gasteiger partial charge in [-0.1, -0.05) is 0 Å². The summed E-state index contributed by atoms with van der Waals surface area (Å²) in [5.74, 6) is -0.209. The van der Waals surface area contributed by atoms with Crippen molar-refractivity contribution < 1.29 is 9.59 Å². The number of nitrogens with zero attached hydrogens (tertiary/aromatic N) is 4. The van der Waals surface area contributed by atoms with Crippen molar-refractivity contribution in [1.82, 2.24) is 14.8 Å². The van der Waals surface area contributed by atoms with Gasteiger partial charge in [-0.15, -0.1) is 0 Å². The van der Waals surface area contributed by atoms with Crippen molar-refractivity contribution in [2.24, 2.45) is 7.05 Å². The van der Waals surface area contributed by atoms with Crippen LogP contribution in [-0.2, 0) is 11.8 Å². The van der Waals surface area contributed by atoms with E-state index in [0.29, 0.717) is 13.0 Å². The van der Waals surface area contributed by atoms with E-state index in [1.807, 2.05) is 25.4 Å². The van der Waals surface area contributed by atoms with Crippen LogP contribution in [0.1, 0.15) is 6.42 Å². The van der Waals surface area contributed by atoms with E-state index >= 15 is 0 Å². The van der Waals surface area contributed by atoms with E-state index in [1.165, 1.54) is 5.69 Å². The van der Waals surface area contributed by atoms with Crippen molar-refractivity contribution >= 4 is 34.2 Å². The molecule has 7 heteroatoms. The normalized spacial score (nSPS) is 19.6. The van der Waals surface area contributed by atoms with Crippen molar-refractivity contribution in [2.45, 2.75) is 6.42 Å². The van der Waals surface area contributed by atoms with Crippen LogP contribution in [0.25, 0.3) is 10.9 Å². The Morgan fingerprint density at radius 1 is 0.920 bits per heavy atom. The SMILES string of the molecule is CN1CCN(c2ccc(N3CCC(=O)NC3=O)c3ccn(C)c23)CC1. The summed E-state index contributed by atoms with van der Waals surface area (Å²) in [5.41, 5.74) is 3.19. The Morgan fingerprint density at radius 2 is 1.64 bits per heavy atom. The second-order valence-electron chi connectivity index (χ2n) is 6.84. The van der Waals surface area contributed by atoms with Gasteiger partial charge in [-0.25, -0.2) is 4.79 Å². The summed E-state index contributed by atoms with van der Waals surface area (Å²) in [4.78, 5) is 30.1. The van der Waals surface area contributed by atoms with E-state index in [9.17, 15) is 9.59 Å². The highest BCUT2D eigenvalue weighted by atomic mass is 16.2. The first-order chi connectivity index (χ1) is 12.0. The maximum absolute atomic E-state index is 12.2. The Hall–Kier alpha value is -2.54. The number of amides is 3. The number of carbonyl (C=O) groups is 2. The predicted octanol–water partition coefficient (Wildman–Crippen LogP) is 1.38. The molecule has 0 bridgehead atoms. The molecule has 4 rings (SSSR count). The van der Waals surface area contributed by atoms with E-state index in [1.54, 1.807) is 4.90 Å². The minimum absolute atomic E-state index is 0.209. The molecule has 0 radical (unpaired) electrons.